The lowest BCUT2D eigenvalue weighted by Gasteiger charge is -2.08. The monoisotopic (exact) mass is 307 g/mol. The van der Waals surface area contributed by atoms with E-state index in [0.717, 1.165) is 10.0 Å². The standard InChI is InChI=1S/C14H11BrFNO/c1-9-12(6-3-7-13(9)15)14(18)17-11-5-2-4-10(16)8-11/h2-8H,1H3,(H,17,18). The molecule has 0 bridgehead atoms. The first-order valence-corrected chi connectivity index (χ1v) is 6.19. The molecule has 0 aromatic heterocycles. The molecule has 4 heteroatoms. The zero-order valence-electron chi connectivity index (χ0n) is 9.71. The largest absolute Gasteiger partial charge is 0.322 e. The van der Waals surface area contributed by atoms with Gasteiger partial charge in [0.1, 0.15) is 5.82 Å². The zero-order chi connectivity index (χ0) is 13.1. The smallest absolute Gasteiger partial charge is 0.255 e. The molecular formula is C14H11BrFNO. The third-order valence-electron chi connectivity index (χ3n) is 2.59. The van der Waals surface area contributed by atoms with Crippen molar-refractivity contribution in [3.05, 3.63) is 63.9 Å². The Labute approximate surface area is 113 Å². The maximum atomic E-state index is 13.0. The molecule has 2 nitrogen and oxygen atoms in total. The Balaban J connectivity index is 2.25. The van der Waals surface area contributed by atoms with E-state index in [1.54, 1.807) is 24.3 Å². The van der Waals surface area contributed by atoms with Crippen LogP contribution in [0.4, 0.5) is 10.1 Å². The Morgan fingerprint density at radius 2 is 1.94 bits per heavy atom. The van der Waals surface area contributed by atoms with Crippen LogP contribution in [0.15, 0.2) is 46.9 Å². The molecule has 0 fully saturated rings. The van der Waals surface area contributed by atoms with Crippen LogP contribution in [0.25, 0.3) is 0 Å². The molecule has 2 aromatic carbocycles. The lowest BCUT2D eigenvalue weighted by molar-refractivity contribution is 0.102. The third kappa shape index (κ3) is 2.76. The third-order valence-corrected chi connectivity index (χ3v) is 3.45. The van der Waals surface area contributed by atoms with Crippen LogP contribution >= 0.6 is 15.9 Å². The fraction of sp³-hybridized carbons (Fsp3) is 0.0714. The van der Waals surface area contributed by atoms with Gasteiger partial charge in [0.15, 0.2) is 0 Å². The van der Waals surface area contributed by atoms with Crippen molar-refractivity contribution in [3.63, 3.8) is 0 Å². The summed E-state index contributed by atoms with van der Waals surface area (Å²) in [6.07, 6.45) is 0. The Kier molecular flexibility index (Phi) is 3.77. The predicted molar refractivity (Wildman–Crippen MR) is 73.2 cm³/mol. The van der Waals surface area contributed by atoms with Gasteiger partial charge in [-0.1, -0.05) is 28.1 Å². The Bertz CT molecular complexity index is 598. The minimum atomic E-state index is -0.376. The highest BCUT2D eigenvalue weighted by atomic mass is 79.9. The van der Waals surface area contributed by atoms with Gasteiger partial charge in [-0.2, -0.15) is 0 Å². The quantitative estimate of drug-likeness (QED) is 0.887. The summed E-state index contributed by atoms with van der Waals surface area (Å²) >= 11 is 3.37. The summed E-state index contributed by atoms with van der Waals surface area (Å²) in [5.74, 6) is -0.627. The number of rotatable bonds is 2. The van der Waals surface area contributed by atoms with Crippen LogP contribution in [-0.4, -0.2) is 5.91 Å². The normalized spacial score (nSPS) is 10.2. The number of hydrogen-bond donors (Lipinski definition) is 1. The van der Waals surface area contributed by atoms with Crippen LogP contribution in [0.2, 0.25) is 0 Å². The number of anilines is 1. The SMILES string of the molecule is Cc1c(Br)cccc1C(=O)Nc1cccc(F)c1. The summed E-state index contributed by atoms with van der Waals surface area (Å²) in [5, 5.41) is 2.67. The molecule has 0 atom stereocenters. The van der Waals surface area contributed by atoms with E-state index in [1.807, 2.05) is 13.0 Å². The zero-order valence-corrected chi connectivity index (χ0v) is 11.3. The van der Waals surface area contributed by atoms with Crippen LogP contribution in [0.3, 0.4) is 0 Å². The van der Waals surface area contributed by atoms with Gasteiger partial charge >= 0.3 is 0 Å². The van der Waals surface area contributed by atoms with Gasteiger partial charge in [0.2, 0.25) is 0 Å². The van der Waals surface area contributed by atoms with Gasteiger partial charge in [0, 0.05) is 15.7 Å². The molecule has 0 radical (unpaired) electrons. The van der Waals surface area contributed by atoms with E-state index in [1.165, 1.54) is 12.1 Å². The van der Waals surface area contributed by atoms with Crippen LogP contribution in [0.5, 0.6) is 0 Å². The van der Waals surface area contributed by atoms with Crippen molar-refractivity contribution in [2.24, 2.45) is 0 Å². The molecule has 0 unspecified atom stereocenters. The van der Waals surface area contributed by atoms with Crippen molar-refractivity contribution in [1.82, 2.24) is 0 Å². The first-order chi connectivity index (χ1) is 8.58. The molecular weight excluding hydrogens is 297 g/mol. The van der Waals surface area contributed by atoms with Gasteiger partial charge in [0.25, 0.3) is 5.91 Å². The van der Waals surface area contributed by atoms with Crippen LogP contribution in [0.1, 0.15) is 15.9 Å². The molecule has 2 rings (SSSR count). The average molecular weight is 308 g/mol. The summed E-state index contributed by atoms with van der Waals surface area (Å²) in [5.41, 5.74) is 1.86. The molecule has 92 valence electrons. The van der Waals surface area contributed by atoms with Crippen molar-refractivity contribution in [1.29, 1.82) is 0 Å². The maximum absolute atomic E-state index is 13.0. The minimum Gasteiger partial charge on any atom is -0.322 e. The van der Waals surface area contributed by atoms with Crippen molar-refractivity contribution in [2.75, 3.05) is 5.32 Å². The fourth-order valence-electron chi connectivity index (χ4n) is 1.62. The molecule has 0 saturated carbocycles. The van der Waals surface area contributed by atoms with E-state index in [9.17, 15) is 9.18 Å². The highest BCUT2D eigenvalue weighted by molar-refractivity contribution is 9.10. The summed E-state index contributed by atoms with van der Waals surface area (Å²) < 4.78 is 13.9. The Hall–Kier alpha value is -1.68. The summed E-state index contributed by atoms with van der Waals surface area (Å²) in [6, 6.07) is 11.2. The Morgan fingerprint density at radius 3 is 2.67 bits per heavy atom. The molecule has 18 heavy (non-hydrogen) atoms. The number of nitrogens with one attached hydrogen (secondary N) is 1. The first-order valence-electron chi connectivity index (χ1n) is 5.40. The number of halogens is 2. The molecule has 0 spiro atoms. The molecule has 1 amide bonds. The van der Waals surface area contributed by atoms with Crippen molar-refractivity contribution in [2.45, 2.75) is 6.92 Å². The second kappa shape index (κ2) is 5.31. The fourth-order valence-corrected chi connectivity index (χ4v) is 1.98. The number of amides is 1. The topological polar surface area (TPSA) is 29.1 Å². The van der Waals surface area contributed by atoms with Crippen LogP contribution in [0, 0.1) is 12.7 Å². The number of carbonyl (C=O) groups is 1. The summed E-state index contributed by atoms with van der Waals surface area (Å²) in [4.78, 5) is 12.0. The molecule has 0 heterocycles. The van der Waals surface area contributed by atoms with E-state index >= 15 is 0 Å². The van der Waals surface area contributed by atoms with Gasteiger partial charge in [-0.05, 0) is 42.8 Å². The molecule has 0 aliphatic rings. The molecule has 2 aromatic rings. The lowest BCUT2D eigenvalue weighted by Crippen LogP contribution is -2.13. The van der Waals surface area contributed by atoms with Gasteiger partial charge in [-0.25, -0.2) is 4.39 Å². The van der Waals surface area contributed by atoms with E-state index in [-0.39, 0.29) is 11.7 Å². The van der Waals surface area contributed by atoms with Crippen molar-refractivity contribution in [3.8, 4) is 0 Å². The number of carbonyl (C=O) groups excluding carboxylic acids is 1. The van der Waals surface area contributed by atoms with Crippen molar-refractivity contribution < 1.29 is 9.18 Å². The molecule has 0 aliphatic heterocycles. The van der Waals surface area contributed by atoms with Gasteiger partial charge in [-0.15, -0.1) is 0 Å². The number of benzene rings is 2. The molecule has 1 N–H and O–H groups in total. The van der Waals surface area contributed by atoms with Crippen LogP contribution in [-0.2, 0) is 0 Å². The lowest BCUT2D eigenvalue weighted by atomic mass is 10.1. The summed E-state index contributed by atoms with van der Waals surface area (Å²) in [7, 11) is 0. The van der Waals surface area contributed by atoms with Gasteiger partial charge < -0.3 is 5.32 Å². The Morgan fingerprint density at radius 1 is 1.22 bits per heavy atom. The van der Waals surface area contributed by atoms with E-state index in [2.05, 4.69) is 21.2 Å². The van der Waals surface area contributed by atoms with E-state index in [0.29, 0.717) is 11.3 Å². The predicted octanol–water partition coefficient (Wildman–Crippen LogP) is 4.15. The minimum absolute atomic E-state index is 0.251. The van der Waals surface area contributed by atoms with Gasteiger partial charge in [-0.3, -0.25) is 4.79 Å². The molecule has 0 aliphatic carbocycles. The van der Waals surface area contributed by atoms with Crippen molar-refractivity contribution >= 4 is 27.5 Å². The molecule has 0 saturated heterocycles. The second-order valence-corrected chi connectivity index (χ2v) is 4.73. The van der Waals surface area contributed by atoms with E-state index in [4.69, 9.17) is 0 Å². The second-order valence-electron chi connectivity index (χ2n) is 3.88. The van der Waals surface area contributed by atoms with Gasteiger partial charge in [0.05, 0.1) is 0 Å². The highest BCUT2D eigenvalue weighted by Crippen LogP contribution is 2.20. The summed E-state index contributed by atoms with van der Waals surface area (Å²) in [6.45, 7) is 1.85. The van der Waals surface area contributed by atoms with E-state index < -0.39 is 0 Å². The number of hydrogen-bond acceptors (Lipinski definition) is 1. The average Bonchev–Trinajstić information content (AvgIpc) is 2.32. The van der Waals surface area contributed by atoms with Crippen LogP contribution < -0.4 is 5.32 Å². The maximum Gasteiger partial charge on any atom is 0.255 e. The highest BCUT2D eigenvalue weighted by Gasteiger charge is 2.10. The first kappa shape index (κ1) is 12.8.